The summed E-state index contributed by atoms with van der Waals surface area (Å²) >= 11 is 0. The van der Waals surface area contributed by atoms with Crippen molar-refractivity contribution in [3.63, 3.8) is 0 Å². The molecular formula is C18H37NO. The summed E-state index contributed by atoms with van der Waals surface area (Å²) in [5.41, 5.74) is 1.53. The van der Waals surface area contributed by atoms with Crippen LogP contribution in [0.5, 0.6) is 0 Å². The lowest BCUT2D eigenvalue weighted by atomic mass is 9.91. The van der Waals surface area contributed by atoms with Crippen LogP contribution < -0.4 is 0 Å². The van der Waals surface area contributed by atoms with Gasteiger partial charge < -0.3 is 9.64 Å². The van der Waals surface area contributed by atoms with Gasteiger partial charge in [-0.3, -0.25) is 0 Å². The summed E-state index contributed by atoms with van der Waals surface area (Å²) in [5, 5.41) is 0. The molecular weight excluding hydrogens is 246 g/mol. The monoisotopic (exact) mass is 283 g/mol. The fourth-order valence-electron chi connectivity index (χ4n) is 2.33. The molecule has 2 heteroatoms. The highest BCUT2D eigenvalue weighted by atomic mass is 16.5. The Bertz CT molecular complexity index is 250. The van der Waals surface area contributed by atoms with Crippen LogP contribution in [0, 0.1) is 0 Å². The lowest BCUT2D eigenvalue weighted by Crippen LogP contribution is -2.43. The maximum absolute atomic E-state index is 5.87. The summed E-state index contributed by atoms with van der Waals surface area (Å²) in [6, 6.07) is 0. The van der Waals surface area contributed by atoms with Crippen LogP contribution in [0.3, 0.4) is 0 Å². The summed E-state index contributed by atoms with van der Waals surface area (Å²) in [6.45, 7) is 22.1. The topological polar surface area (TPSA) is 12.5 Å². The Morgan fingerprint density at radius 2 is 1.70 bits per heavy atom. The van der Waals surface area contributed by atoms with Crippen molar-refractivity contribution in [2.24, 2.45) is 0 Å². The predicted molar refractivity (Wildman–Crippen MR) is 92.4 cm³/mol. The Morgan fingerprint density at radius 1 is 1.25 bits per heavy atom. The largest absolute Gasteiger partial charge is 0.366 e. The zero-order chi connectivity index (χ0) is 16.0. The van der Waals surface area contributed by atoms with Crippen LogP contribution in [0.4, 0.5) is 0 Å². The molecule has 0 unspecified atom stereocenters. The van der Waals surface area contributed by atoms with E-state index in [9.17, 15) is 0 Å². The van der Waals surface area contributed by atoms with Gasteiger partial charge in [-0.1, -0.05) is 46.8 Å². The zero-order valence-electron chi connectivity index (χ0n) is 15.0. The number of ether oxygens (including phenoxy) is 1. The Balaban J connectivity index is 0. The van der Waals surface area contributed by atoms with E-state index in [4.69, 9.17) is 4.74 Å². The van der Waals surface area contributed by atoms with E-state index in [2.05, 4.69) is 31.4 Å². The molecule has 0 radical (unpaired) electrons. The molecule has 2 aliphatic heterocycles. The van der Waals surface area contributed by atoms with E-state index in [0.717, 1.165) is 6.61 Å². The molecule has 1 fully saturated rings. The third-order valence-electron chi connectivity index (χ3n) is 3.25. The number of piperidine rings is 1. The molecule has 2 aliphatic rings. The molecule has 2 rings (SSSR count). The molecule has 120 valence electrons. The maximum Gasteiger partial charge on any atom is 0.0894 e. The molecule has 0 aromatic rings. The van der Waals surface area contributed by atoms with Crippen molar-refractivity contribution in [2.45, 2.75) is 66.9 Å². The van der Waals surface area contributed by atoms with Gasteiger partial charge in [0, 0.05) is 13.1 Å². The van der Waals surface area contributed by atoms with Crippen molar-refractivity contribution in [3.05, 3.63) is 24.3 Å². The smallest absolute Gasteiger partial charge is 0.0894 e. The minimum atomic E-state index is 0.121. The van der Waals surface area contributed by atoms with Crippen LogP contribution in [0.15, 0.2) is 24.3 Å². The van der Waals surface area contributed by atoms with Gasteiger partial charge in [0.15, 0.2) is 0 Å². The van der Waals surface area contributed by atoms with E-state index in [1.54, 1.807) is 6.08 Å². The molecule has 0 aromatic heterocycles. The molecule has 1 spiro atoms. The van der Waals surface area contributed by atoms with Crippen molar-refractivity contribution in [3.8, 4) is 0 Å². The average Bonchev–Trinajstić information content (AvgIpc) is 2.86. The van der Waals surface area contributed by atoms with Crippen LogP contribution in [0.1, 0.15) is 61.3 Å². The van der Waals surface area contributed by atoms with Crippen molar-refractivity contribution in [1.29, 1.82) is 0 Å². The number of hydrogen-bond donors (Lipinski definition) is 0. The van der Waals surface area contributed by atoms with Crippen molar-refractivity contribution in [2.75, 3.05) is 26.2 Å². The molecule has 20 heavy (non-hydrogen) atoms. The molecule has 0 bridgehead atoms. The van der Waals surface area contributed by atoms with Crippen molar-refractivity contribution < 1.29 is 4.74 Å². The third kappa shape index (κ3) is 7.86. The van der Waals surface area contributed by atoms with Gasteiger partial charge in [-0.25, -0.2) is 0 Å². The number of nitrogens with zero attached hydrogens (tertiary/aromatic N) is 1. The van der Waals surface area contributed by atoms with Gasteiger partial charge in [0.2, 0.25) is 0 Å². The molecule has 0 amide bonds. The standard InChI is InChI=1S/C11H19NO.C3H6.2C2H6/c1-3-12-6-4-11(5-7-12)8-10(2)9-13-11;1-3-2;2*1-2/h8H,3-7,9H2,1-2H3;3H,1H2,2H3;2*1-2H3. The van der Waals surface area contributed by atoms with E-state index in [1.165, 1.54) is 38.0 Å². The zero-order valence-corrected chi connectivity index (χ0v) is 15.0. The summed E-state index contributed by atoms with van der Waals surface area (Å²) < 4.78 is 5.87. The summed E-state index contributed by atoms with van der Waals surface area (Å²) in [6.07, 6.45) is 6.45. The van der Waals surface area contributed by atoms with Gasteiger partial charge in [-0.15, -0.1) is 6.58 Å². The number of likely N-dealkylation sites (tertiary alicyclic amines) is 1. The highest BCUT2D eigenvalue weighted by Crippen LogP contribution is 2.33. The first-order chi connectivity index (χ1) is 9.65. The predicted octanol–water partition coefficient (Wildman–Crippen LogP) is 5.06. The fourth-order valence-corrected chi connectivity index (χ4v) is 2.33. The molecule has 2 nitrogen and oxygen atoms in total. The van der Waals surface area contributed by atoms with E-state index in [-0.39, 0.29) is 5.60 Å². The molecule has 0 saturated carbocycles. The average molecular weight is 284 g/mol. The third-order valence-corrected chi connectivity index (χ3v) is 3.25. The van der Waals surface area contributed by atoms with Crippen molar-refractivity contribution >= 4 is 0 Å². The highest BCUT2D eigenvalue weighted by Gasteiger charge is 2.36. The lowest BCUT2D eigenvalue weighted by molar-refractivity contribution is -0.0231. The van der Waals surface area contributed by atoms with Crippen LogP contribution in [-0.2, 0) is 4.74 Å². The Kier molecular flexibility index (Phi) is 14.5. The van der Waals surface area contributed by atoms with Crippen LogP contribution in [0.25, 0.3) is 0 Å². The molecule has 0 N–H and O–H groups in total. The van der Waals surface area contributed by atoms with Gasteiger partial charge in [0.1, 0.15) is 0 Å². The van der Waals surface area contributed by atoms with E-state index < -0.39 is 0 Å². The van der Waals surface area contributed by atoms with Gasteiger partial charge in [-0.2, -0.15) is 0 Å². The van der Waals surface area contributed by atoms with E-state index in [0.29, 0.717) is 0 Å². The number of allylic oxidation sites excluding steroid dienone is 1. The molecule has 0 aromatic carbocycles. The second-order valence-electron chi connectivity index (χ2n) is 4.69. The maximum atomic E-state index is 5.87. The van der Waals surface area contributed by atoms with Crippen LogP contribution in [0.2, 0.25) is 0 Å². The van der Waals surface area contributed by atoms with E-state index in [1.807, 2.05) is 34.6 Å². The summed E-state index contributed by atoms with van der Waals surface area (Å²) in [5.74, 6) is 0. The first-order valence-electron chi connectivity index (χ1n) is 8.27. The Labute approximate surface area is 127 Å². The Morgan fingerprint density at radius 3 is 2.00 bits per heavy atom. The normalized spacial score (nSPS) is 19.4. The molecule has 0 atom stereocenters. The first-order valence-corrected chi connectivity index (χ1v) is 8.27. The second-order valence-corrected chi connectivity index (χ2v) is 4.69. The molecule has 1 saturated heterocycles. The highest BCUT2D eigenvalue weighted by molar-refractivity contribution is 5.17. The lowest BCUT2D eigenvalue weighted by Gasteiger charge is -2.37. The van der Waals surface area contributed by atoms with Crippen LogP contribution >= 0.6 is 0 Å². The minimum Gasteiger partial charge on any atom is -0.366 e. The van der Waals surface area contributed by atoms with Gasteiger partial charge in [-0.05, 0) is 38.8 Å². The second kappa shape index (κ2) is 13.4. The van der Waals surface area contributed by atoms with Crippen LogP contribution in [-0.4, -0.2) is 36.7 Å². The molecule has 2 heterocycles. The first kappa shape index (κ1) is 21.7. The quantitative estimate of drug-likeness (QED) is 0.623. The molecule has 0 aliphatic carbocycles. The van der Waals surface area contributed by atoms with Gasteiger partial charge in [0.05, 0.1) is 12.2 Å². The SMILES string of the molecule is C=CC.CC.CC.CCN1CCC2(C=C(C)CO2)CC1. The fraction of sp³-hybridized carbons (Fsp3) is 0.778. The van der Waals surface area contributed by atoms with Gasteiger partial charge in [0.25, 0.3) is 0 Å². The van der Waals surface area contributed by atoms with Crippen molar-refractivity contribution in [1.82, 2.24) is 4.90 Å². The summed E-state index contributed by atoms with van der Waals surface area (Å²) in [4.78, 5) is 2.50. The minimum absolute atomic E-state index is 0.121. The van der Waals surface area contributed by atoms with Gasteiger partial charge >= 0.3 is 0 Å². The number of rotatable bonds is 1. The Hall–Kier alpha value is -0.600. The summed E-state index contributed by atoms with van der Waals surface area (Å²) in [7, 11) is 0. The van der Waals surface area contributed by atoms with E-state index >= 15 is 0 Å². The number of hydrogen-bond acceptors (Lipinski definition) is 2.